The van der Waals surface area contributed by atoms with E-state index in [1.807, 2.05) is 12.2 Å². The third kappa shape index (κ3) is 20.8. The molecule has 0 saturated carbocycles. The highest BCUT2D eigenvalue weighted by atomic mass is 16.7. The highest BCUT2D eigenvalue weighted by molar-refractivity contribution is 5.86. The number of nitrogens with zero attached hydrogens (tertiary/aromatic N) is 5. The number of benzene rings is 8. The van der Waals surface area contributed by atoms with Gasteiger partial charge in [-0.2, -0.15) is 15.2 Å². The summed E-state index contributed by atoms with van der Waals surface area (Å²) >= 11 is 0. The topological polar surface area (TPSA) is 43.9 Å². The van der Waals surface area contributed by atoms with E-state index in [-0.39, 0.29) is 58.5 Å². The van der Waals surface area contributed by atoms with E-state index in [0.717, 1.165) is 63.7 Å². The molecule has 1 aliphatic carbocycles. The summed E-state index contributed by atoms with van der Waals surface area (Å²) in [6.45, 7) is 53.4. The zero-order valence-electron chi connectivity index (χ0n) is 68.7. The van der Waals surface area contributed by atoms with Crippen molar-refractivity contribution in [1.29, 1.82) is 0 Å². The summed E-state index contributed by atoms with van der Waals surface area (Å²) in [7, 11) is 0. The van der Waals surface area contributed by atoms with Gasteiger partial charge in [-0.15, -0.1) is 0 Å². The molecule has 8 nitrogen and oxygen atoms in total. The smallest absolute Gasteiger partial charge is 0.102 e. The van der Waals surface area contributed by atoms with Crippen LogP contribution in [0.15, 0.2) is 273 Å². The Hall–Kier alpha value is -8.70. The quantitative estimate of drug-likeness (QED) is 0.0235. The molecule has 0 bridgehead atoms. The Morgan fingerprint density at radius 2 is 0.850 bits per heavy atom. The van der Waals surface area contributed by atoms with E-state index in [9.17, 15) is 0 Å². The molecule has 0 spiro atoms. The lowest BCUT2D eigenvalue weighted by atomic mass is 9.81. The van der Waals surface area contributed by atoms with Crippen LogP contribution in [0.2, 0.25) is 0 Å². The molecular formula is C99H125N5O3. The van der Waals surface area contributed by atoms with E-state index < -0.39 is 0 Å². The van der Waals surface area contributed by atoms with E-state index in [0.29, 0.717) is 17.8 Å². The predicted octanol–water partition coefficient (Wildman–Crippen LogP) is 27.2. The van der Waals surface area contributed by atoms with E-state index >= 15 is 0 Å². The van der Waals surface area contributed by atoms with Gasteiger partial charge < -0.3 is 9.80 Å². The molecule has 0 amide bonds. The molecule has 0 radical (unpaired) electrons. The van der Waals surface area contributed by atoms with Crippen molar-refractivity contribution in [2.24, 2.45) is 17.8 Å². The molecule has 107 heavy (non-hydrogen) atoms. The Balaban J connectivity index is 0.980. The van der Waals surface area contributed by atoms with E-state index in [1.54, 1.807) is 0 Å². The first-order valence-electron chi connectivity index (χ1n) is 39.2. The first kappa shape index (κ1) is 82.4. The van der Waals surface area contributed by atoms with Crippen molar-refractivity contribution in [3.63, 3.8) is 0 Å². The summed E-state index contributed by atoms with van der Waals surface area (Å²) in [6, 6.07) is 73.5. The van der Waals surface area contributed by atoms with Gasteiger partial charge in [0.15, 0.2) is 0 Å². The number of hydrogen-bond donors (Lipinski definition) is 0. The molecule has 8 aromatic rings. The minimum atomic E-state index is -0.300. The fourth-order valence-corrected chi connectivity index (χ4v) is 15.0. The molecule has 8 aromatic carbocycles. The van der Waals surface area contributed by atoms with Crippen LogP contribution in [0.5, 0.6) is 0 Å². The predicted molar refractivity (Wildman–Crippen MR) is 457 cm³/mol. The second-order valence-electron chi connectivity index (χ2n) is 33.6. The summed E-state index contributed by atoms with van der Waals surface area (Å²) in [5.41, 5.74) is 18.8. The molecule has 0 heterocycles. The SMILES string of the molecule is C=CC=CC(=CC)N(c1ccc(C=Cc2ccc3c(c2)C(C)(C)c2cc(N(C(C=CC=CC(C)ON(C(c4ccccc4)C(C)C)C(C)(C)C)=CCC)c4ccc(C(C)ON(C(c5ccccc5)C(C)C)C(C)(C)C)cc4)ccc2-3)cc1)c1ccc(CC(C)ON(C(c2ccccc2)C(C)C)C(C)(C)C)cc1. The zero-order valence-corrected chi connectivity index (χ0v) is 68.7. The number of anilines is 4. The van der Waals surface area contributed by atoms with Crippen molar-refractivity contribution < 1.29 is 14.5 Å². The Kier molecular flexibility index (Phi) is 28.1. The molecule has 564 valence electrons. The van der Waals surface area contributed by atoms with Crippen molar-refractivity contribution in [2.45, 2.75) is 224 Å². The van der Waals surface area contributed by atoms with Crippen LogP contribution in [0.4, 0.5) is 22.7 Å². The molecule has 0 fully saturated rings. The Morgan fingerprint density at radius 1 is 0.439 bits per heavy atom. The van der Waals surface area contributed by atoms with Gasteiger partial charge in [-0.05, 0) is 236 Å². The van der Waals surface area contributed by atoms with Crippen molar-refractivity contribution >= 4 is 34.9 Å². The standard InChI is InChI=1S/C99H125N5O3/c1-24-27-47-83(26-3)100(86-60-53-77(54-61-86)67-74(11)106-103(97(16,17)18)94(71(6)7)81-43-33-29-34-44-81)85-58-51-76(52-59-85)49-50-78-55-65-89-90-66-64-88(69-92(90)99(22,23)91(89)68-78)101(87-62-56-79(57-63-87)75(12)107-104(98(19,20)21)95(72(8)9)82-45-35-30-36-46-82)84(39-25-2)48-38-37-40-73(10)105-102(96(13,14)15)93(70(4)5)80-41-31-28-32-42-80/h24,26-66,68-75,93-95H,1,25,67H2,2-23H3. The minimum Gasteiger partial charge on any atom is -0.311 e. The third-order valence-corrected chi connectivity index (χ3v) is 20.2. The summed E-state index contributed by atoms with van der Waals surface area (Å²) in [5, 5.41) is 6.67. The number of allylic oxidation sites excluding steroid dienone is 8. The van der Waals surface area contributed by atoms with Crippen LogP contribution in [0.1, 0.15) is 233 Å². The van der Waals surface area contributed by atoms with Gasteiger partial charge in [0.05, 0.1) is 30.3 Å². The minimum absolute atomic E-state index is 0.0487. The Bertz CT molecular complexity index is 4330. The Morgan fingerprint density at radius 3 is 1.32 bits per heavy atom. The van der Waals surface area contributed by atoms with Crippen LogP contribution in [-0.4, -0.2) is 44.0 Å². The van der Waals surface area contributed by atoms with Crippen molar-refractivity contribution in [3.05, 3.63) is 323 Å². The summed E-state index contributed by atoms with van der Waals surface area (Å²) in [6.07, 6.45) is 24.8. The first-order valence-corrected chi connectivity index (χ1v) is 39.2. The van der Waals surface area contributed by atoms with Crippen molar-refractivity contribution in [2.75, 3.05) is 9.80 Å². The lowest BCUT2D eigenvalue weighted by molar-refractivity contribution is -0.272. The van der Waals surface area contributed by atoms with Gasteiger partial charge in [0.2, 0.25) is 0 Å². The maximum absolute atomic E-state index is 7.12. The fraction of sp³-hybridized carbons (Fsp3) is 0.374. The zero-order chi connectivity index (χ0) is 77.5. The van der Waals surface area contributed by atoms with Crippen LogP contribution in [-0.2, 0) is 26.3 Å². The van der Waals surface area contributed by atoms with Crippen molar-refractivity contribution in [3.8, 4) is 11.1 Å². The summed E-state index contributed by atoms with van der Waals surface area (Å²) in [4.78, 5) is 25.7. The number of hydrogen-bond acceptors (Lipinski definition) is 8. The van der Waals surface area contributed by atoms with Gasteiger partial charge in [0, 0.05) is 62.6 Å². The normalized spacial score (nSPS) is 15.6. The number of fused-ring (bicyclic) bond motifs is 3. The maximum atomic E-state index is 7.12. The van der Waals surface area contributed by atoms with E-state index in [4.69, 9.17) is 14.5 Å². The van der Waals surface area contributed by atoms with Gasteiger partial charge in [0.25, 0.3) is 0 Å². The van der Waals surface area contributed by atoms with Crippen LogP contribution in [0.25, 0.3) is 23.3 Å². The molecule has 1 aliphatic rings. The molecule has 6 atom stereocenters. The van der Waals surface area contributed by atoms with Gasteiger partial charge in [-0.3, -0.25) is 14.5 Å². The summed E-state index contributed by atoms with van der Waals surface area (Å²) < 4.78 is 0. The number of rotatable bonds is 32. The molecule has 0 saturated heterocycles. The lowest BCUT2D eigenvalue weighted by Gasteiger charge is -2.44. The Labute approximate surface area is 646 Å². The van der Waals surface area contributed by atoms with E-state index in [1.165, 1.54) is 44.5 Å². The van der Waals surface area contributed by atoms with Crippen LogP contribution >= 0.6 is 0 Å². The molecule has 0 N–H and O–H groups in total. The van der Waals surface area contributed by atoms with E-state index in [2.05, 4.69) is 439 Å². The maximum Gasteiger partial charge on any atom is 0.102 e. The third-order valence-electron chi connectivity index (χ3n) is 20.2. The molecule has 0 aromatic heterocycles. The second kappa shape index (κ2) is 36.5. The van der Waals surface area contributed by atoms with Gasteiger partial charge in [-0.1, -0.05) is 275 Å². The second-order valence-corrected chi connectivity index (χ2v) is 33.6. The van der Waals surface area contributed by atoms with Gasteiger partial charge in [0.1, 0.15) is 6.10 Å². The average molecular weight is 1430 g/mol. The van der Waals surface area contributed by atoms with Crippen LogP contribution in [0.3, 0.4) is 0 Å². The highest BCUT2D eigenvalue weighted by Gasteiger charge is 2.40. The number of hydroxylamine groups is 6. The lowest BCUT2D eigenvalue weighted by Crippen LogP contribution is -2.47. The van der Waals surface area contributed by atoms with Crippen LogP contribution < -0.4 is 9.80 Å². The van der Waals surface area contributed by atoms with Gasteiger partial charge in [-0.25, -0.2) is 0 Å². The molecule has 0 aliphatic heterocycles. The monoisotopic (exact) mass is 1430 g/mol. The van der Waals surface area contributed by atoms with Gasteiger partial charge >= 0.3 is 0 Å². The van der Waals surface area contributed by atoms with Crippen molar-refractivity contribution in [1.82, 2.24) is 15.2 Å². The highest BCUT2D eigenvalue weighted by Crippen LogP contribution is 2.51. The fourth-order valence-electron chi connectivity index (χ4n) is 15.0. The molecule has 9 rings (SSSR count). The first-order chi connectivity index (χ1) is 50.8. The molecule has 8 heteroatoms. The molecular weight excluding hydrogens is 1310 g/mol. The largest absolute Gasteiger partial charge is 0.311 e. The summed E-state index contributed by atoms with van der Waals surface area (Å²) in [5.74, 6) is 0.990. The molecule has 6 unspecified atom stereocenters. The average Bonchev–Trinajstić information content (AvgIpc) is 1.57. The van der Waals surface area contributed by atoms with Crippen LogP contribution in [0, 0.1) is 17.8 Å².